The molecule has 0 unspecified atom stereocenters. The van der Waals surface area contributed by atoms with E-state index in [0.717, 1.165) is 39.6 Å². The van der Waals surface area contributed by atoms with Crippen molar-refractivity contribution >= 4 is 24.2 Å². The number of hydrogen-bond acceptors (Lipinski definition) is 5. The molecule has 1 N–H and O–H groups in total. The molecule has 2 aliphatic heterocycles. The highest BCUT2D eigenvalue weighted by Crippen LogP contribution is 2.43. The van der Waals surface area contributed by atoms with Crippen LogP contribution in [0.15, 0.2) is 35.1 Å². The predicted octanol–water partition coefficient (Wildman–Crippen LogP) is 4.03. The number of phenols is 1. The molecule has 163 valence electrons. The highest BCUT2D eigenvalue weighted by Gasteiger charge is 2.47. The first-order valence-electron chi connectivity index (χ1n) is 11.2. The molecule has 1 radical (unpaired) electrons. The van der Waals surface area contributed by atoms with Crippen molar-refractivity contribution in [2.45, 2.75) is 58.7 Å². The Morgan fingerprint density at radius 2 is 1.97 bits per heavy atom. The molecule has 0 saturated heterocycles. The van der Waals surface area contributed by atoms with Crippen LogP contribution in [-0.4, -0.2) is 23.1 Å². The van der Waals surface area contributed by atoms with Gasteiger partial charge in [0.15, 0.2) is 5.60 Å². The Hall–Kier alpha value is -3.06. The van der Waals surface area contributed by atoms with Crippen molar-refractivity contribution < 1.29 is 19.3 Å². The molecular formula is C25H25BNO5. The summed E-state index contributed by atoms with van der Waals surface area (Å²) in [5.74, 6) is -0.231. The Bertz CT molecular complexity index is 1330. The van der Waals surface area contributed by atoms with Crippen LogP contribution >= 0.6 is 0 Å². The summed E-state index contributed by atoms with van der Waals surface area (Å²) in [7, 11) is 1.60. The van der Waals surface area contributed by atoms with Gasteiger partial charge in [0, 0.05) is 11.1 Å². The van der Waals surface area contributed by atoms with Gasteiger partial charge < -0.3 is 19.1 Å². The van der Waals surface area contributed by atoms with Crippen molar-refractivity contribution in [2.24, 2.45) is 0 Å². The van der Waals surface area contributed by atoms with Crippen molar-refractivity contribution in [3.8, 4) is 17.0 Å². The van der Waals surface area contributed by atoms with E-state index < -0.39 is 11.6 Å². The van der Waals surface area contributed by atoms with Crippen molar-refractivity contribution in [2.75, 3.05) is 0 Å². The van der Waals surface area contributed by atoms with Gasteiger partial charge in [0.1, 0.15) is 12.4 Å². The molecule has 0 bridgehead atoms. The average Bonchev–Trinajstić information content (AvgIpc) is 3.16. The number of benzene rings is 2. The largest absolute Gasteiger partial charge is 0.508 e. The molecule has 32 heavy (non-hydrogen) atoms. The molecule has 0 amide bonds. The quantitative estimate of drug-likeness (QED) is 0.382. The first-order chi connectivity index (χ1) is 15.4. The molecule has 1 atom stereocenters. The molecule has 3 aromatic rings. The molecular weight excluding hydrogens is 405 g/mol. The van der Waals surface area contributed by atoms with Crippen molar-refractivity contribution in [1.29, 1.82) is 0 Å². The van der Waals surface area contributed by atoms with E-state index >= 15 is 0 Å². The predicted molar refractivity (Wildman–Crippen MR) is 123 cm³/mol. The van der Waals surface area contributed by atoms with Crippen LogP contribution in [0.25, 0.3) is 22.0 Å². The summed E-state index contributed by atoms with van der Waals surface area (Å²) in [6, 6.07) is 9.38. The van der Waals surface area contributed by atoms with Gasteiger partial charge in [0.2, 0.25) is 0 Å². The number of cyclic esters (lactones) is 1. The molecule has 2 aliphatic rings. The van der Waals surface area contributed by atoms with E-state index in [-0.39, 0.29) is 17.9 Å². The second-order valence-electron chi connectivity index (χ2n) is 8.40. The summed E-state index contributed by atoms with van der Waals surface area (Å²) >= 11 is 0. The number of nitrogens with zero attached hydrogens (tertiary/aromatic N) is 1. The molecule has 6 nitrogen and oxygen atoms in total. The third-order valence-corrected chi connectivity index (χ3v) is 6.76. The third kappa shape index (κ3) is 2.77. The number of ether oxygens (including phenoxy) is 1. The number of rotatable bonds is 5. The average molecular weight is 430 g/mol. The maximum atomic E-state index is 13.6. The number of aromatic nitrogens is 1. The number of hydrogen-bond donors (Lipinski definition) is 1. The van der Waals surface area contributed by atoms with Crippen LogP contribution in [-0.2, 0) is 39.4 Å². The summed E-state index contributed by atoms with van der Waals surface area (Å²) in [5, 5.41) is 12.0. The number of aryl methyl sites for hydroxylation is 1. The minimum atomic E-state index is -1.31. The smallest absolute Gasteiger partial charge is 0.341 e. The van der Waals surface area contributed by atoms with Crippen molar-refractivity contribution in [3.05, 3.63) is 62.9 Å². The maximum absolute atomic E-state index is 13.6. The van der Waals surface area contributed by atoms with Crippen molar-refractivity contribution in [3.63, 3.8) is 0 Å². The van der Waals surface area contributed by atoms with Crippen molar-refractivity contribution in [1.82, 2.24) is 4.57 Å². The van der Waals surface area contributed by atoms with Gasteiger partial charge in [-0.1, -0.05) is 33.2 Å². The van der Waals surface area contributed by atoms with Gasteiger partial charge >= 0.3 is 5.97 Å². The zero-order valence-corrected chi connectivity index (χ0v) is 18.5. The fourth-order valence-corrected chi connectivity index (χ4v) is 5.16. The first kappa shape index (κ1) is 20.8. The molecule has 0 aliphatic carbocycles. The molecule has 0 saturated carbocycles. The van der Waals surface area contributed by atoms with Gasteiger partial charge in [-0.25, -0.2) is 4.79 Å². The number of pyridine rings is 1. The number of phenolic OH excluding ortho intramolecular Hbond substituents is 1. The molecule has 3 heterocycles. The van der Waals surface area contributed by atoms with Gasteiger partial charge in [-0.15, -0.1) is 0 Å². The lowest BCUT2D eigenvalue weighted by atomic mass is 9.82. The summed E-state index contributed by atoms with van der Waals surface area (Å²) in [4.78, 5) is 26.5. The zero-order valence-electron chi connectivity index (χ0n) is 18.5. The lowest BCUT2D eigenvalue weighted by Crippen LogP contribution is -2.47. The summed E-state index contributed by atoms with van der Waals surface area (Å²) < 4.78 is 13.2. The maximum Gasteiger partial charge on any atom is 0.341 e. The molecule has 2 aromatic carbocycles. The fourth-order valence-electron chi connectivity index (χ4n) is 5.16. The molecule has 7 heteroatoms. The van der Waals surface area contributed by atoms with E-state index in [9.17, 15) is 14.7 Å². The van der Waals surface area contributed by atoms with E-state index in [1.54, 1.807) is 24.2 Å². The second kappa shape index (κ2) is 7.52. The molecule has 1 aromatic heterocycles. The summed E-state index contributed by atoms with van der Waals surface area (Å²) in [6.07, 6.45) is 1.78. The van der Waals surface area contributed by atoms with E-state index in [2.05, 4.69) is 13.0 Å². The Labute approximate surface area is 187 Å². The van der Waals surface area contributed by atoms with E-state index in [4.69, 9.17) is 9.39 Å². The van der Waals surface area contributed by atoms with Gasteiger partial charge in [0.05, 0.1) is 17.8 Å². The first-order valence-corrected chi connectivity index (χ1v) is 11.2. The van der Waals surface area contributed by atoms with Gasteiger partial charge in [-0.3, -0.25) is 4.79 Å². The standard InChI is InChI=1S/C25H25BNO5/c1-4-16-17-10-15(28)8-7-14(17)9-18-19(16)12-27-22(18)11-21-20(23(27)29)13-31-24(30)25(21,5-2)32-26-6-3/h7-11,28H,4-6,12-13H2,1-3H3/t25-/m0/s1. The van der Waals surface area contributed by atoms with E-state index in [0.29, 0.717) is 30.4 Å². The summed E-state index contributed by atoms with van der Waals surface area (Å²) in [6.45, 7) is 6.30. The van der Waals surface area contributed by atoms with Crippen LogP contribution < -0.4 is 5.56 Å². The lowest BCUT2D eigenvalue weighted by molar-refractivity contribution is -0.168. The van der Waals surface area contributed by atoms with E-state index in [1.165, 1.54) is 0 Å². The fraction of sp³-hybridized carbons (Fsp3) is 0.360. The van der Waals surface area contributed by atoms with Gasteiger partial charge in [0.25, 0.3) is 13.0 Å². The highest BCUT2D eigenvalue weighted by molar-refractivity contribution is 6.27. The number of carbonyl (C=O) groups is 1. The SMILES string of the molecule is CC[B]O[C@]1(CC)C(=O)OCc2c1cc1n(c2=O)Cc2c-1cc1ccc(O)cc1c2CC. The Morgan fingerprint density at radius 3 is 2.69 bits per heavy atom. The molecule has 5 rings (SSSR count). The highest BCUT2D eigenvalue weighted by atomic mass is 16.6. The van der Waals surface area contributed by atoms with Gasteiger partial charge in [-0.2, -0.15) is 0 Å². The summed E-state index contributed by atoms with van der Waals surface area (Å²) in [5.41, 5.74) is 3.62. The minimum Gasteiger partial charge on any atom is -0.508 e. The normalized spacial score (nSPS) is 18.8. The van der Waals surface area contributed by atoms with Crippen LogP contribution in [0.4, 0.5) is 0 Å². The van der Waals surface area contributed by atoms with Crippen LogP contribution in [0, 0.1) is 0 Å². The lowest BCUT2D eigenvalue weighted by Gasteiger charge is -2.36. The molecule has 0 fully saturated rings. The van der Waals surface area contributed by atoms with Crippen LogP contribution in [0.2, 0.25) is 6.32 Å². The van der Waals surface area contributed by atoms with E-state index in [1.807, 2.05) is 26.0 Å². The number of carbonyl (C=O) groups excluding carboxylic acids is 1. The Morgan fingerprint density at radius 1 is 1.16 bits per heavy atom. The molecule has 0 spiro atoms. The number of aromatic hydroxyl groups is 1. The van der Waals surface area contributed by atoms with Crippen LogP contribution in [0.3, 0.4) is 0 Å². The second-order valence-corrected chi connectivity index (χ2v) is 8.40. The van der Waals surface area contributed by atoms with Crippen LogP contribution in [0.5, 0.6) is 5.75 Å². The zero-order chi connectivity index (χ0) is 22.6. The van der Waals surface area contributed by atoms with Crippen LogP contribution in [0.1, 0.15) is 49.4 Å². The van der Waals surface area contributed by atoms with Gasteiger partial charge in [-0.05, 0) is 59.0 Å². The topological polar surface area (TPSA) is 77.8 Å². The number of fused-ring (bicyclic) bond motifs is 5. The monoisotopic (exact) mass is 430 g/mol. The number of esters is 1. The Balaban J connectivity index is 1.79. The minimum absolute atomic E-state index is 0.0443. The Kier molecular flexibility index (Phi) is 4.89. The third-order valence-electron chi connectivity index (χ3n) is 6.76.